The van der Waals surface area contributed by atoms with E-state index in [-0.39, 0.29) is 87.0 Å². The molecule has 0 atom stereocenters. The van der Waals surface area contributed by atoms with Gasteiger partial charge in [0.2, 0.25) is 0 Å². The van der Waals surface area contributed by atoms with Gasteiger partial charge in [0.05, 0.1) is 33.4 Å². The second kappa shape index (κ2) is 43.1. The van der Waals surface area contributed by atoms with E-state index in [0.717, 1.165) is 118 Å². The molecule has 0 amide bonds. The van der Waals surface area contributed by atoms with Crippen LogP contribution < -0.4 is 28.4 Å². The van der Waals surface area contributed by atoms with Gasteiger partial charge in [-0.1, -0.05) is 183 Å². The van der Waals surface area contributed by atoms with Crippen LogP contribution in [-0.2, 0) is 31.3 Å². The van der Waals surface area contributed by atoms with Gasteiger partial charge in [0.25, 0.3) is 0 Å². The van der Waals surface area contributed by atoms with Crippen LogP contribution in [0.15, 0.2) is 291 Å². The van der Waals surface area contributed by atoms with E-state index in [0.29, 0.717) is 50.6 Å². The summed E-state index contributed by atoms with van der Waals surface area (Å²) in [6.07, 6.45) is 0. The summed E-state index contributed by atoms with van der Waals surface area (Å²) in [5, 5.41) is 54.7. The summed E-state index contributed by atoms with van der Waals surface area (Å²) in [7, 11) is 0. The third-order valence-corrected chi connectivity index (χ3v) is 20.4. The Hall–Kier alpha value is -14.6. The molecule has 0 saturated carbocycles. The van der Waals surface area contributed by atoms with E-state index < -0.39 is 46.6 Å². The predicted molar refractivity (Wildman–Crippen MR) is 491 cm³/mol. The molecule has 0 aliphatic rings. The van der Waals surface area contributed by atoms with Gasteiger partial charge < -0.3 is 66.5 Å². The van der Waals surface area contributed by atoms with Gasteiger partial charge in [0.1, 0.15) is 69.0 Å². The summed E-state index contributed by atoms with van der Waals surface area (Å²) in [6.45, 7) is 27.2. The van der Waals surface area contributed by atoms with E-state index in [1.807, 2.05) is 229 Å². The first-order valence-corrected chi connectivity index (χ1v) is 39.8. The summed E-state index contributed by atoms with van der Waals surface area (Å²) < 4.78 is 34.1. The molecule has 127 heavy (non-hydrogen) atoms. The van der Waals surface area contributed by atoms with Crippen molar-refractivity contribution in [1.29, 1.82) is 0 Å². The molecule has 14 aromatic rings. The topological polar surface area (TPSA) is 279 Å². The van der Waals surface area contributed by atoms with E-state index in [2.05, 4.69) is 13.8 Å². The van der Waals surface area contributed by atoms with Crippen molar-refractivity contribution in [2.24, 2.45) is 0 Å². The van der Waals surface area contributed by atoms with Crippen LogP contribution in [0.4, 0.5) is 0 Å². The molecular weight excluding hydrogens is 1690 g/mol. The SMILES string of the molecule is C.CC(c1ccc(O)cc1)(c1ccc(O)cc1)c1ccc(O)cc1.Cc1cc(C)cc(C(=O)Oc2cc(OC(=O)c3cc(C)cc(C)c3)cc(OC(=O)c3cc(C)cc(C)c3)c2)c1.Cc1cc(C)cc(C(=O)Oc2ccc(C(C)(c3ccc(OC(=O)c4cc(C)cc(C)c4)cc3)c3ccc(OC(=O)c4cc(C)cc(C)c4)cc3)cc2)c1.Oc1cc(O)cc(O)c1.[CH3-].[Pd]. The summed E-state index contributed by atoms with van der Waals surface area (Å²) in [4.78, 5) is 77.9. The van der Waals surface area contributed by atoms with Crippen LogP contribution in [0.25, 0.3) is 0 Å². The number of carbonyl (C=O) groups excluding carboxylic acids is 6. The van der Waals surface area contributed by atoms with Gasteiger partial charge >= 0.3 is 35.8 Å². The first-order chi connectivity index (χ1) is 58.9. The molecular formula is C108H103O18Pd-. The van der Waals surface area contributed by atoms with Gasteiger partial charge in [-0.05, 0) is 276 Å². The Morgan fingerprint density at radius 1 is 0.197 bits per heavy atom. The molecule has 0 fully saturated rings. The molecule has 0 radical (unpaired) electrons. The number of ether oxygens (including phenoxy) is 6. The van der Waals surface area contributed by atoms with Crippen molar-refractivity contribution in [2.75, 3.05) is 0 Å². The summed E-state index contributed by atoms with van der Waals surface area (Å²) in [5.74, 6) is -1.40. The van der Waals surface area contributed by atoms with Crippen molar-refractivity contribution in [1.82, 2.24) is 0 Å². The Morgan fingerprint density at radius 2 is 0.331 bits per heavy atom. The average Bonchev–Trinajstić information content (AvgIpc) is 0.767. The number of hydrogen-bond acceptors (Lipinski definition) is 18. The Bertz CT molecular complexity index is 5530. The molecule has 0 aliphatic heterocycles. The fourth-order valence-corrected chi connectivity index (χ4v) is 14.8. The normalized spacial score (nSPS) is 10.6. The number of aryl methyl sites for hydroxylation is 12. The van der Waals surface area contributed by atoms with Gasteiger partial charge in [-0.3, -0.25) is 0 Å². The largest absolute Gasteiger partial charge is 0.508 e. The molecule has 0 unspecified atom stereocenters. The molecule has 0 saturated heterocycles. The molecule has 0 aromatic heterocycles. The second-order valence-electron chi connectivity index (χ2n) is 31.4. The number of phenols is 6. The Kier molecular flexibility index (Phi) is 33.2. The molecule has 19 heteroatoms. The maximum absolute atomic E-state index is 13.0. The molecule has 14 aromatic carbocycles. The van der Waals surface area contributed by atoms with Crippen LogP contribution in [0.5, 0.6) is 69.0 Å². The first-order valence-electron chi connectivity index (χ1n) is 39.8. The van der Waals surface area contributed by atoms with Crippen molar-refractivity contribution in [3.8, 4) is 69.0 Å². The number of aromatic hydroxyl groups is 6. The van der Waals surface area contributed by atoms with E-state index in [9.17, 15) is 44.1 Å². The number of esters is 6. The van der Waals surface area contributed by atoms with Gasteiger partial charge in [0.15, 0.2) is 0 Å². The first kappa shape index (κ1) is 97.8. The average molecular weight is 1800 g/mol. The maximum atomic E-state index is 13.0. The van der Waals surface area contributed by atoms with Crippen LogP contribution in [-0.4, -0.2) is 66.5 Å². The van der Waals surface area contributed by atoms with E-state index >= 15 is 0 Å². The number of phenolic OH excluding ortho intramolecular Hbond substituents is 6. The summed E-state index contributed by atoms with van der Waals surface area (Å²) >= 11 is 0. The molecule has 654 valence electrons. The number of rotatable bonds is 18. The number of benzene rings is 14. The van der Waals surface area contributed by atoms with Crippen molar-refractivity contribution < 1.29 is 108 Å². The fraction of sp³-hybridized carbons (Fsp3) is 0.157. The molecule has 14 rings (SSSR count). The third-order valence-electron chi connectivity index (χ3n) is 20.4. The van der Waals surface area contributed by atoms with Gasteiger partial charge in [-0.15, -0.1) is 0 Å². The molecule has 0 bridgehead atoms. The Balaban J connectivity index is 0.000000235. The molecule has 0 aliphatic carbocycles. The van der Waals surface area contributed by atoms with Crippen LogP contribution >= 0.6 is 0 Å². The van der Waals surface area contributed by atoms with Crippen LogP contribution in [0.1, 0.15) is 184 Å². The summed E-state index contributed by atoms with van der Waals surface area (Å²) in [5.41, 5.74) is 18.6. The molecule has 0 heterocycles. The number of hydrogen-bond donors (Lipinski definition) is 6. The Morgan fingerprint density at radius 3 is 0.480 bits per heavy atom. The summed E-state index contributed by atoms with van der Waals surface area (Å²) in [6, 6.07) is 84.4. The zero-order chi connectivity index (χ0) is 89.4. The van der Waals surface area contributed by atoms with Crippen molar-refractivity contribution >= 4 is 35.8 Å². The monoisotopic (exact) mass is 1790 g/mol. The minimum absolute atomic E-state index is 0. The second-order valence-corrected chi connectivity index (χ2v) is 31.4. The van der Waals surface area contributed by atoms with Gasteiger partial charge in [-0.2, -0.15) is 0 Å². The maximum Gasteiger partial charge on any atom is 0.343 e. The minimum Gasteiger partial charge on any atom is -0.508 e. The van der Waals surface area contributed by atoms with Crippen LogP contribution in [0.2, 0.25) is 0 Å². The van der Waals surface area contributed by atoms with E-state index in [4.69, 9.17) is 43.7 Å². The quantitative estimate of drug-likeness (QED) is 0.0153. The minimum atomic E-state index is -0.720. The van der Waals surface area contributed by atoms with Crippen molar-refractivity contribution in [2.45, 2.75) is 115 Å². The molecule has 18 nitrogen and oxygen atoms in total. The number of carbonyl (C=O) groups is 6. The standard InChI is InChI=1S/C47H42O6.C33H30O6.C20H18O3.C6H6O3.CH4.CH3.Pd/c1-29-20-30(2)24-35(23-29)44(48)51-41-14-8-38(9-15-41)47(7,39-10-16-42(17-11-39)52-45(49)36-25-31(3)21-32(4)26-36)40-12-18-43(19-13-40)53-46(50)37-27-33(5)22-34(6)28-37;1-19-7-20(2)11-25(10-19)31(34)37-28-16-29(38-32(35)26-12-21(3)8-22(4)13-26)18-30(17-28)39-33(36)27-14-23(5)9-24(6)15-27;1-20(14-2-8-17(21)9-3-14,15-4-10-18(22)11-5-15)16-6-12-19(23)13-7-16;7-4-1-5(8)3-6(9)2-4;;;/h8-28H,1-7H3;7-18H,1-6H3;2-13,21-23H,1H3;1-3,7-9H;1H4;1H3;/q;;;;;-1;. The van der Waals surface area contributed by atoms with Crippen LogP contribution in [0, 0.1) is 90.5 Å². The Labute approximate surface area is 755 Å². The van der Waals surface area contributed by atoms with Crippen molar-refractivity contribution in [3.05, 3.63) is 432 Å². The van der Waals surface area contributed by atoms with E-state index in [1.54, 1.807) is 109 Å². The van der Waals surface area contributed by atoms with E-state index in [1.165, 1.54) is 18.2 Å². The smallest absolute Gasteiger partial charge is 0.343 e. The van der Waals surface area contributed by atoms with Crippen molar-refractivity contribution in [3.63, 3.8) is 0 Å². The predicted octanol–water partition coefficient (Wildman–Crippen LogP) is 23.8. The molecule has 6 N–H and O–H groups in total. The van der Waals surface area contributed by atoms with Gasteiger partial charge in [0, 0.05) is 67.7 Å². The fourth-order valence-electron chi connectivity index (χ4n) is 14.8. The third kappa shape index (κ3) is 26.2. The zero-order valence-electron chi connectivity index (χ0n) is 72.6. The van der Waals surface area contributed by atoms with Gasteiger partial charge in [-0.25, -0.2) is 28.8 Å². The zero-order valence-corrected chi connectivity index (χ0v) is 74.2. The van der Waals surface area contributed by atoms with Crippen LogP contribution in [0.3, 0.4) is 0 Å². The molecule has 0 spiro atoms.